The van der Waals surface area contributed by atoms with Gasteiger partial charge in [-0.05, 0) is 36.5 Å². The zero-order chi connectivity index (χ0) is 17.3. The van der Waals surface area contributed by atoms with E-state index in [2.05, 4.69) is 10.4 Å². The van der Waals surface area contributed by atoms with E-state index in [1.54, 1.807) is 10.9 Å². The zero-order valence-corrected chi connectivity index (χ0v) is 14.0. The number of hydrogen-bond donors (Lipinski definition) is 2. The molecule has 128 valence electrons. The molecule has 0 bridgehead atoms. The second kappa shape index (κ2) is 6.91. The first kappa shape index (κ1) is 16.9. The average Bonchev–Trinajstić information content (AvgIpc) is 2.91. The number of halogens is 2. The maximum atomic E-state index is 13.1. The zero-order valence-electron chi connectivity index (χ0n) is 13.2. The van der Waals surface area contributed by atoms with Gasteiger partial charge >= 0.3 is 0 Å². The molecule has 1 aliphatic rings. The fraction of sp³-hybridized carbons (Fsp3) is 0.412. The van der Waals surface area contributed by atoms with Crippen molar-refractivity contribution in [1.29, 1.82) is 0 Å². The van der Waals surface area contributed by atoms with Gasteiger partial charge in [-0.1, -0.05) is 17.7 Å². The van der Waals surface area contributed by atoms with E-state index in [9.17, 15) is 14.3 Å². The third-order valence-electron chi connectivity index (χ3n) is 4.39. The highest BCUT2D eigenvalue weighted by atomic mass is 35.5. The van der Waals surface area contributed by atoms with Gasteiger partial charge in [0, 0.05) is 23.8 Å². The highest BCUT2D eigenvalue weighted by molar-refractivity contribution is 6.31. The van der Waals surface area contributed by atoms with Crippen molar-refractivity contribution in [2.75, 3.05) is 0 Å². The van der Waals surface area contributed by atoms with Crippen LogP contribution in [0.3, 0.4) is 0 Å². The lowest BCUT2D eigenvalue weighted by Crippen LogP contribution is -2.41. The highest BCUT2D eigenvalue weighted by Crippen LogP contribution is 2.38. The van der Waals surface area contributed by atoms with Gasteiger partial charge in [-0.2, -0.15) is 5.10 Å². The van der Waals surface area contributed by atoms with Gasteiger partial charge < -0.3 is 10.4 Å². The first-order valence-electron chi connectivity index (χ1n) is 7.82. The number of rotatable bonds is 5. The molecule has 1 heterocycles. The number of carbonyl (C=O) groups excluding carboxylic acids is 1. The number of aromatic nitrogens is 2. The standard InChI is InChI=1S/C17H19ClFN3O2/c1-22-9-12(8-20-22)17(11-4-14(23)5-11)21-16(24)6-10-2-3-13(19)7-15(10)18/h2-3,7-9,11,14,17,23H,4-6H2,1H3,(H,21,24). The Morgan fingerprint density at radius 1 is 1.54 bits per heavy atom. The van der Waals surface area contributed by atoms with Gasteiger partial charge in [-0.3, -0.25) is 9.48 Å². The Morgan fingerprint density at radius 2 is 2.29 bits per heavy atom. The number of aliphatic hydroxyl groups is 1. The molecule has 0 saturated heterocycles. The van der Waals surface area contributed by atoms with E-state index >= 15 is 0 Å². The molecule has 1 fully saturated rings. The van der Waals surface area contributed by atoms with E-state index < -0.39 is 5.82 Å². The second-order valence-corrected chi connectivity index (χ2v) is 6.70. The minimum atomic E-state index is -0.430. The third kappa shape index (κ3) is 3.76. The fourth-order valence-corrected chi connectivity index (χ4v) is 3.27. The van der Waals surface area contributed by atoms with Gasteiger partial charge in [0.2, 0.25) is 5.91 Å². The van der Waals surface area contributed by atoms with Crippen LogP contribution in [-0.4, -0.2) is 26.9 Å². The van der Waals surface area contributed by atoms with Crippen molar-refractivity contribution in [3.8, 4) is 0 Å². The molecule has 5 nitrogen and oxygen atoms in total. The molecule has 1 atom stereocenters. The molecule has 2 N–H and O–H groups in total. The molecule has 0 aliphatic heterocycles. The van der Waals surface area contributed by atoms with Crippen molar-refractivity contribution >= 4 is 17.5 Å². The number of aryl methyl sites for hydroxylation is 1. The molecule has 1 saturated carbocycles. The van der Waals surface area contributed by atoms with Gasteiger partial charge in [-0.15, -0.1) is 0 Å². The number of hydrogen-bond acceptors (Lipinski definition) is 3. The van der Waals surface area contributed by atoms with Crippen molar-refractivity contribution < 1.29 is 14.3 Å². The second-order valence-electron chi connectivity index (χ2n) is 6.29. The summed E-state index contributed by atoms with van der Waals surface area (Å²) in [7, 11) is 1.82. The van der Waals surface area contributed by atoms with E-state index in [0.29, 0.717) is 18.4 Å². The minimum Gasteiger partial charge on any atom is -0.393 e. The molecule has 1 aromatic carbocycles. The first-order valence-corrected chi connectivity index (χ1v) is 8.20. The van der Waals surface area contributed by atoms with Crippen LogP contribution in [0.4, 0.5) is 4.39 Å². The normalized spacial score (nSPS) is 21.2. The number of carbonyl (C=O) groups is 1. The van der Waals surface area contributed by atoms with Gasteiger partial charge in [0.15, 0.2) is 0 Å². The largest absolute Gasteiger partial charge is 0.393 e. The van der Waals surface area contributed by atoms with E-state index in [0.717, 1.165) is 5.56 Å². The summed E-state index contributed by atoms with van der Waals surface area (Å²) in [4.78, 5) is 12.4. The SMILES string of the molecule is Cn1cc(C(NC(=O)Cc2ccc(F)cc2Cl)C2CC(O)C2)cn1. The molecule has 1 aromatic heterocycles. The first-order chi connectivity index (χ1) is 11.4. The molecule has 1 aliphatic carbocycles. The third-order valence-corrected chi connectivity index (χ3v) is 4.74. The smallest absolute Gasteiger partial charge is 0.224 e. The van der Waals surface area contributed by atoms with E-state index in [4.69, 9.17) is 11.6 Å². The van der Waals surface area contributed by atoms with E-state index in [1.165, 1.54) is 18.2 Å². The number of nitrogens with one attached hydrogen (secondary N) is 1. The molecule has 2 aromatic rings. The molecule has 7 heteroatoms. The van der Waals surface area contributed by atoms with Crippen LogP contribution in [0.25, 0.3) is 0 Å². The van der Waals surface area contributed by atoms with Crippen molar-refractivity contribution in [2.24, 2.45) is 13.0 Å². The lowest BCUT2D eigenvalue weighted by atomic mass is 9.75. The topological polar surface area (TPSA) is 67.2 Å². The quantitative estimate of drug-likeness (QED) is 0.869. The van der Waals surface area contributed by atoms with E-state index in [1.807, 2.05) is 13.2 Å². The summed E-state index contributed by atoms with van der Waals surface area (Å²) in [6.07, 6.45) is 4.65. The van der Waals surface area contributed by atoms with Crippen LogP contribution >= 0.6 is 11.6 Å². The molecular formula is C17H19ClFN3O2. The Morgan fingerprint density at radius 3 is 2.88 bits per heavy atom. The Bertz CT molecular complexity index is 743. The summed E-state index contributed by atoms with van der Waals surface area (Å²) in [6.45, 7) is 0. The number of aliphatic hydroxyl groups excluding tert-OH is 1. The number of amides is 1. The van der Waals surface area contributed by atoms with Crippen LogP contribution in [-0.2, 0) is 18.3 Å². The predicted molar refractivity (Wildman–Crippen MR) is 87.9 cm³/mol. The highest BCUT2D eigenvalue weighted by Gasteiger charge is 2.36. The monoisotopic (exact) mass is 351 g/mol. The molecule has 1 unspecified atom stereocenters. The van der Waals surface area contributed by atoms with Crippen LogP contribution in [0.15, 0.2) is 30.6 Å². The molecule has 0 radical (unpaired) electrons. The van der Waals surface area contributed by atoms with Crippen LogP contribution < -0.4 is 5.32 Å². The van der Waals surface area contributed by atoms with Crippen molar-refractivity contribution in [2.45, 2.75) is 31.4 Å². The number of nitrogens with zero attached hydrogens (tertiary/aromatic N) is 2. The van der Waals surface area contributed by atoms with Crippen molar-refractivity contribution in [3.05, 3.63) is 52.6 Å². The van der Waals surface area contributed by atoms with Crippen LogP contribution in [0.1, 0.15) is 30.0 Å². The lowest BCUT2D eigenvalue weighted by molar-refractivity contribution is -0.122. The molecule has 24 heavy (non-hydrogen) atoms. The lowest BCUT2D eigenvalue weighted by Gasteiger charge is -2.37. The van der Waals surface area contributed by atoms with Crippen LogP contribution in [0.2, 0.25) is 5.02 Å². The van der Waals surface area contributed by atoms with Gasteiger partial charge in [0.1, 0.15) is 5.82 Å². The average molecular weight is 352 g/mol. The summed E-state index contributed by atoms with van der Waals surface area (Å²) >= 11 is 5.98. The maximum absolute atomic E-state index is 13.1. The molecule has 1 amide bonds. The Balaban J connectivity index is 1.71. The predicted octanol–water partition coefficient (Wildman–Crippen LogP) is 2.38. The van der Waals surface area contributed by atoms with Crippen molar-refractivity contribution in [1.82, 2.24) is 15.1 Å². The number of benzene rings is 1. The minimum absolute atomic E-state index is 0.0746. The van der Waals surface area contributed by atoms with Gasteiger partial charge in [0.05, 0.1) is 24.8 Å². The summed E-state index contributed by atoms with van der Waals surface area (Å²) < 4.78 is 14.8. The van der Waals surface area contributed by atoms with Crippen LogP contribution in [0.5, 0.6) is 0 Å². The Kier molecular flexibility index (Phi) is 4.87. The molecule has 3 rings (SSSR count). The van der Waals surface area contributed by atoms with Crippen LogP contribution in [0, 0.1) is 11.7 Å². The maximum Gasteiger partial charge on any atom is 0.224 e. The molecular weight excluding hydrogens is 333 g/mol. The Hall–Kier alpha value is -1.92. The summed E-state index contributed by atoms with van der Waals surface area (Å²) in [6, 6.07) is 3.80. The fourth-order valence-electron chi connectivity index (χ4n) is 3.04. The van der Waals surface area contributed by atoms with Gasteiger partial charge in [-0.25, -0.2) is 4.39 Å². The van der Waals surface area contributed by atoms with Crippen molar-refractivity contribution in [3.63, 3.8) is 0 Å². The summed E-state index contributed by atoms with van der Waals surface area (Å²) in [5.74, 6) is -0.448. The van der Waals surface area contributed by atoms with E-state index in [-0.39, 0.29) is 35.4 Å². The summed E-state index contributed by atoms with van der Waals surface area (Å²) in [5.41, 5.74) is 1.49. The Labute approximate surface area is 144 Å². The van der Waals surface area contributed by atoms with Gasteiger partial charge in [0.25, 0.3) is 0 Å². The summed E-state index contributed by atoms with van der Waals surface area (Å²) in [5, 5.41) is 17.0. The molecule has 0 spiro atoms.